The molecule has 9 heavy (non-hydrogen) atoms. The van der Waals surface area contributed by atoms with Gasteiger partial charge in [-0.25, -0.2) is 0 Å². The highest BCUT2D eigenvalue weighted by Gasteiger charge is 2.26. The largest absolute Gasteiger partial charge is 0.136 e. The summed E-state index contributed by atoms with van der Waals surface area (Å²) in [5.74, 6) is 0. The minimum atomic E-state index is -0.255. The lowest BCUT2D eigenvalue weighted by atomic mass is 10.4. The van der Waals surface area contributed by atoms with E-state index in [4.69, 9.17) is 0 Å². The molecular weight excluding hydrogens is 380 g/mol. The molecule has 0 rings (SSSR count). The van der Waals surface area contributed by atoms with Crippen molar-refractivity contribution >= 4 is 63.7 Å². The lowest BCUT2D eigenvalue weighted by Gasteiger charge is -2.15. The summed E-state index contributed by atoms with van der Waals surface area (Å²) in [6.45, 7) is 1.96. The van der Waals surface area contributed by atoms with Crippen molar-refractivity contribution in [2.75, 3.05) is 0 Å². The first-order chi connectivity index (χ1) is 4.00. The molecule has 0 N–H and O–H groups in total. The van der Waals surface area contributed by atoms with Crippen molar-refractivity contribution in [3.8, 4) is 0 Å². The molecule has 0 saturated heterocycles. The fraction of sp³-hybridized carbons (Fsp3) is 0.400. The third-order valence-electron chi connectivity index (χ3n) is 0.628. The summed E-state index contributed by atoms with van der Waals surface area (Å²) >= 11 is 13.4. The van der Waals surface area contributed by atoms with E-state index < -0.39 is 0 Å². The summed E-state index contributed by atoms with van der Waals surface area (Å²) in [6.07, 6.45) is 3.91. The van der Waals surface area contributed by atoms with Crippen molar-refractivity contribution in [2.45, 2.75) is 10.2 Å². The molecule has 0 nitrogen and oxygen atoms in total. The van der Waals surface area contributed by atoms with Gasteiger partial charge in [0, 0.05) is 0 Å². The third kappa shape index (κ3) is 4.17. The van der Waals surface area contributed by atoms with Gasteiger partial charge in [-0.2, -0.15) is 0 Å². The molecule has 1 radical (unpaired) electrons. The molecule has 4 heteroatoms. The van der Waals surface area contributed by atoms with Gasteiger partial charge in [0.2, 0.25) is 0 Å². The number of hydrogen-bond donors (Lipinski definition) is 0. The third-order valence-corrected chi connectivity index (χ3v) is 5.33. The summed E-state index contributed by atoms with van der Waals surface area (Å²) in [5, 5.41) is 0. The standard InChI is InChI=1S/C5H5Br4/c1-2-3-5(8,9)4(6)7/h2-3H,1H3. The molecule has 0 unspecified atom stereocenters. The summed E-state index contributed by atoms with van der Waals surface area (Å²) in [6, 6.07) is 0. The Morgan fingerprint density at radius 1 is 1.33 bits per heavy atom. The second-order valence-electron chi connectivity index (χ2n) is 1.38. The van der Waals surface area contributed by atoms with E-state index in [0.717, 1.165) is 3.74 Å². The zero-order valence-electron chi connectivity index (χ0n) is 4.67. The van der Waals surface area contributed by atoms with Gasteiger partial charge in [-0.3, -0.25) is 0 Å². The van der Waals surface area contributed by atoms with Crippen LogP contribution in [0.25, 0.3) is 0 Å². The molecule has 0 fully saturated rings. The van der Waals surface area contributed by atoms with E-state index in [2.05, 4.69) is 63.7 Å². The molecule has 0 aromatic rings. The van der Waals surface area contributed by atoms with Gasteiger partial charge in [-0.1, -0.05) is 75.9 Å². The van der Waals surface area contributed by atoms with Crippen LogP contribution in [0.15, 0.2) is 12.2 Å². The normalized spacial score (nSPS) is 13.6. The molecule has 0 aromatic carbocycles. The van der Waals surface area contributed by atoms with E-state index >= 15 is 0 Å². The maximum absolute atomic E-state index is 3.41. The van der Waals surface area contributed by atoms with Crippen molar-refractivity contribution in [1.82, 2.24) is 0 Å². The van der Waals surface area contributed by atoms with Crippen molar-refractivity contribution in [3.63, 3.8) is 0 Å². The van der Waals surface area contributed by atoms with Crippen molar-refractivity contribution < 1.29 is 0 Å². The molecule has 0 heterocycles. The molecule has 0 saturated carbocycles. The van der Waals surface area contributed by atoms with Gasteiger partial charge in [0.15, 0.2) is 0 Å². The van der Waals surface area contributed by atoms with E-state index in [1.165, 1.54) is 0 Å². The monoisotopic (exact) mass is 381 g/mol. The van der Waals surface area contributed by atoms with Crippen LogP contribution in [0.5, 0.6) is 0 Å². The fourth-order valence-electron chi connectivity index (χ4n) is 0.272. The zero-order chi connectivity index (χ0) is 7.49. The predicted molar refractivity (Wildman–Crippen MR) is 56.5 cm³/mol. The SMILES string of the molecule is CC=CC(Br)(Br)[C](Br)Br. The van der Waals surface area contributed by atoms with Crippen molar-refractivity contribution in [1.29, 1.82) is 0 Å². The highest BCUT2D eigenvalue weighted by atomic mass is 79.9. The summed E-state index contributed by atoms with van der Waals surface area (Å²) in [4.78, 5) is 0. The number of allylic oxidation sites excluding steroid dienone is 2. The van der Waals surface area contributed by atoms with E-state index in [1.807, 2.05) is 19.1 Å². The summed E-state index contributed by atoms with van der Waals surface area (Å²) in [7, 11) is 0. The molecule has 0 aliphatic rings. The lowest BCUT2D eigenvalue weighted by molar-refractivity contribution is 1.32. The van der Waals surface area contributed by atoms with Gasteiger partial charge in [0.05, 0.1) is 0 Å². The molecule has 0 aliphatic heterocycles. The Morgan fingerprint density at radius 3 is 1.89 bits per heavy atom. The van der Waals surface area contributed by atoms with Gasteiger partial charge in [-0.05, 0) is 6.92 Å². The zero-order valence-corrected chi connectivity index (χ0v) is 11.0. The smallest absolute Gasteiger partial charge is 0.0893 e. The number of rotatable bonds is 2. The fourth-order valence-corrected chi connectivity index (χ4v) is 1.07. The second-order valence-corrected chi connectivity index (χ2v) is 7.60. The number of hydrogen-bond acceptors (Lipinski definition) is 0. The highest BCUT2D eigenvalue weighted by molar-refractivity contribution is 9.31. The van der Waals surface area contributed by atoms with E-state index in [9.17, 15) is 0 Å². The Morgan fingerprint density at radius 2 is 1.78 bits per heavy atom. The Kier molecular flexibility index (Phi) is 5.35. The highest BCUT2D eigenvalue weighted by Crippen LogP contribution is 2.45. The topological polar surface area (TPSA) is 0 Å². The maximum Gasteiger partial charge on any atom is 0.136 e. The van der Waals surface area contributed by atoms with Crippen LogP contribution >= 0.6 is 63.7 Å². The molecular formula is C5H5Br4. The van der Waals surface area contributed by atoms with Gasteiger partial charge < -0.3 is 0 Å². The molecule has 0 atom stereocenters. The molecule has 53 valence electrons. The van der Waals surface area contributed by atoms with E-state index in [0.29, 0.717) is 0 Å². The Hall–Kier alpha value is 1.66. The molecule has 0 aromatic heterocycles. The Bertz CT molecular complexity index is 106. The van der Waals surface area contributed by atoms with Gasteiger partial charge >= 0.3 is 0 Å². The predicted octanol–water partition coefficient (Wildman–Crippen LogP) is 4.33. The van der Waals surface area contributed by atoms with Crippen LogP contribution in [0.4, 0.5) is 0 Å². The Balaban J connectivity index is 4.01. The Labute approximate surface area is 89.0 Å². The van der Waals surface area contributed by atoms with Crippen LogP contribution in [-0.2, 0) is 0 Å². The average Bonchev–Trinajstić information content (AvgIpc) is 1.65. The number of halogens is 4. The van der Waals surface area contributed by atoms with Crippen LogP contribution < -0.4 is 0 Å². The molecule has 0 bridgehead atoms. The first kappa shape index (κ1) is 10.7. The minimum Gasteiger partial charge on any atom is -0.0893 e. The average molecular weight is 385 g/mol. The molecule has 0 amide bonds. The summed E-state index contributed by atoms with van der Waals surface area (Å²) < 4.78 is 0.662. The second kappa shape index (κ2) is 4.52. The number of alkyl halides is 2. The van der Waals surface area contributed by atoms with Crippen LogP contribution in [0, 0.1) is 3.74 Å². The van der Waals surface area contributed by atoms with Crippen LogP contribution in [0.3, 0.4) is 0 Å². The van der Waals surface area contributed by atoms with Crippen molar-refractivity contribution in [3.05, 3.63) is 15.9 Å². The molecule has 0 spiro atoms. The van der Waals surface area contributed by atoms with Crippen LogP contribution in [0.1, 0.15) is 6.92 Å². The minimum absolute atomic E-state index is 0.255. The maximum atomic E-state index is 3.41. The van der Waals surface area contributed by atoms with Crippen LogP contribution in [0.2, 0.25) is 0 Å². The quantitative estimate of drug-likeness (QED) is 0.491. The van der Waals surface area contributed by atoms with E-state index in [1.54, 1.807) is 0 Å². The van der Waals surface area contributed by atoms with Gasteiger partial charge in [-0.15, -0.1) is 0 Å². The molecule has 0 aliphatic carbocycles. The van der Waals surface area contributed by atoms with Gasteiger partial charge in [0.25, 0.3) is 0 Å². The van der Waals surface area contributed by atoms with Crippen molar-refractivity contribution in [2.24, 2.45) is 0 Å². The first-order valence-electron chi connectivity index (χ1n) is 2.21. The van der Waals surface area contributed by atoms with Crippen LogP contribution in [-0.4, -0.2) is 3.23 Å². The first-order valence-corrected chi connectivity index (χ1v) is 5.38. The summed E-state index contributed by atoms with van der Waals surface area (Å²) in [5.41, 5.74) is 0. The van der Waals surface area contributed by atoms with E-state index in [-0.39, 0.29) is 3.23 Å². The van der Waals surface area contributed by atoms with Gasteiger partial charge in [0.1, 0.15) is 6.97 Å². The lowest BCUT2D eigenvalue weighted by Crippen LogP contribution is -2.08.